The monoisotopic (exact) mass is 276 g/mol. The van der Waals surface area contributed by atoms with Crippen LogP contribution in [0.2, 0.25) is 0 Å². The molecule has 0 spiro atoms. The highest BCUT2D eigenvalue weighted by Crippen LogP contribution is 2.31. The molecule has 2 aliphatic rings. The van der Waals surface area contributed by atoms with Gasteiger partial charge in [-0.25, -0.2) is 0 Å². The Morgan fingerprint density at radius 3 is 2.90 bits per heavy atom. The van der Waals surface area contributed by atoms with Crippen molar-refractivity contribution in [3.63, 3.8) is 0 Å². The van der Waals surface area contributed by atoms with E-state index in [1.807, 2.05) is 6.07 Å². The quantitative estimate of drug-likeness (QED) is 0.914. The molecular weight excluding hydrogens is 252 g/mol. The highest BCUT2D eigenvalue weighted by atomic mass is 16.6. The lowest BCUT2D eigenvalue weighted by molar-refractivity contribution is 0.160. The molecule has 0 amide bonds. The standard InChI is InChI=1S/C16H24N2O2/c17-6-5-13-2-1-7-18(11-13)12-14-3-4-15-16(10-14)20-9-8-19-15/h3-4,10,13H,1-2,5-9,11-12,17H2. The van der Waals surface area contributed by atoms with E-state index in [1.165, 1.54) is 31.5 Å². The lowest BCUT2D eigenvalue weighted by Gasteiger charge is -2.32. The number of fused-ring (bicyclic) bond motifs is 1. The lowest BCUT2D eigenvalue weighted by Crippen LogP contribution is -2.35. The van der Waals surface area contributed by atoms with Gasteiger partial charge in [0.2, 0.25) is 0 Å². The van der Waals surface area contributed by atoms with Crippen molar-refractivity contribution in [3.05, 3.63) is 23.8 Å². The van der Waals surface area contributed by atoms with Gasteiger partial charge in [-0.15, -0.1) is 0 Å². The maximum atomic E-state index is 5.68. The number of nitrogens with zero attached hydrogens (tertiary/aromatic N) is 1. The van der Waals surface area contributed by atoms with Gasteiger partial charge in [-0.05, 0) is 56.0 Å². The first-order valence-corrected chi connectivity index (χ1v) is 7.66. The Morgan fingerprint density at radius 1 is 1.20 bits per heavy atom. The van der Waals surface area contributed by atoms with Gasteiger partial charge in [-0.2, -0.15) is 0 Å². The molecule has 110 valence electrons. The summed E-state index contributed by atoms with van der Waals surface area (Å²) in [6, 6.07) is 6.31. The molecule has 1 saturated heterocycles. The van der Waals surface area contributed by atoms with Crippen molar-refractivity contribution in [1.82, 2.24) is 4.90 Å². The molecule has 20 heavy (non-hydrogen) atoms. The zero-order valence-corrected chi connectivity index (χ0v) is 12.0. The minimum Gasteiger partial charge on any atom is -0.486 e. The largest absolute Gasteiger partial charge is 0.486 e. The van der Waals surface area contributed by atoms with Crippen LogP contribution < -0.4 is 15.2 Å². The van der Waals surface area contributed by atoms with Crippen LogP contribution in [0.25, 0.3) is 0 Å². The molecule has 1 unspecified atom stereocenters. The van der Waals surface area contributed by atoms with Crippen LogP contribution in [0.5, 0.6) is 11.5 Å². The fourth-order valence-electron chi connectivity index (χ4n) is 3.21. The number of benzene rings is 1. The van der Waals surface area contributed by atoms with Crippen LogP contribution >= 0.6 is 0 Å². The van der Waals surface area contributed by atoms with E-state index < -0.39 is 0 Å². The molecule has 3 rings (SSSR count). The summed E-state index contributed by atoms with van der Waals surface area (Å²) in [5.41, 5.74) is 6.99. The van der Waals surface area contributed by atoms with E-state index in [2.05, 4.69) is 17.0 Å². The maximum Gasteiger partial charge on any atom is 0.161 e. The van der Waals surface area contributed by atoms with Crippen molar-refractivity contribution in [2.45, 2.75) is 25.8 Å². The van der Waals surface area contributed by atoms with E-state index in [-0.39, 0.29) is 0 Å². The van der Waals surface area contributed by atoms with Gasteiger partial charge in [-0.1, -0.05) is 6.07 Å². The topological polar surface area (TPSA) is 47.7 Å². The fraction of sp³-hybridized carbons (Fsp3) is 0.625. The number of ether oxygens (including phenoxy) is 2. The zero-order chi connectivity index (χ0) is 13.8. The molecule has 4 heteroatoms. The van der Waals surface area contributed by atoms with Crippen LogP contribution in [0, 0.1) is 5.92 Å². The molecule has 0 bridgehead atoms. The van der Waals surface area contributed by atoms with E-state index >= 15 is 0 Å². The molecule has 2 heterocycles. The molecular formula is C16H24N2O2. The number of likely N-dealkylation sites (tertiary alicyclic amines) is 1. The third-order valence-corrected chi connectivity index (χ3v) is 4.19. The Kier molecular flexibility index (Phi) is 4.43. The van der Waals surface area contributed by atoms with E-state index in [0.717, 1.165) is 36.9 Å². The number of hydrogen-bond donors (Lipinski definition) is 1. The number of piperidine rings is 1. The van der Waals surface area contributed by atoms with E-state index in [0.29, 0.717) is 13.2 Å². The third-order valence-electron chi connectivity index (χ3n) is 4.19. The van der Waals surface area contributed by atoms with Crippen molar-refractivity contribution >= 4 is 0 Å². The molecule has 0 saturated carbocycles. The molecule has 0 radical (unpaired) electrons. The summed E-state index contributed by atoms with van der Waals surface area (Å²) in [5.74, 6) is 2.54. The van der Waals surface area contributed by atoms with E-state index in [1.54, 1.807) is 0 Å². The Hall–Kier alpha value is -1.26. The highest BCUT2D eigenvalue weighted by Gasteiger charge is 2.20. The Morgan fingerprint density at radius 2 is 2.05 bits per heavy atom. The van der Waals surface area contributed by atoms with Crippen molar-refractivity contribution in [2.24, 2.45) is 11.7 Å². The first-order chi connectivity index (χ1) is 9.85. The summed E-state index contributed by atoms with van der Waals surface area (Å²) in [6.07, 6.45) is 3.77. The van der Waals surface area contributed by atoms with Crippen molar-refractivity contribution in [2.75, 3.05) is 32.8 Å². The molecule has 1 fully saturated rings. The molecule has 1 atom stereocenters. The molecule has 0 aromatic heterocycles. The van der Waals surface area contributed by atoms with Gasteiger partial charge in [0.25, 0.3) is 0 Å². The highest BCUT2D eigenvalue weighted by molar-refractivity contribution is 5.43. The van der Waals surface area contributed by atoms with Crippen molar-refractivity contribution in [3.8, 4) is 11.5 Å². The second-order valence-electron chi connectivity index (χ2n) is 5.80. The van der Waals surface area contributed by atoms with Crippen LogP contribution in [0.1, 0.15) is 24.8 Å². The molecule has 2 aliphatic heterocycles. The predicted molar refractivity (Wildman–Crippen MR) is 79.1 cm³/mol. The summed E-state index contributed by atoms with van der Waals surface area (Å²) in [6.45, 7) is 5.47. The molecule has 4 nitrogen and oxygen atoms in total. The smallest absolute Gasteiger partial charge is 0.161 e. The Labute approximate surface area is 120 Å². The van der Waals surface area contributed by atoms with Gasteiger partial charge < -0.3 is 15.2 Å². The average molecular weight is 276 g/mol. The van der Waals surface area contributed by atoms with Gasteiger partial charge in [-0.3, -0.25) is 4.90 Å². The first kappa shape index (κ1) is 13.7. The van der Waals surface area contributed by atoms with Gasteiger partial charge in [0.15, 0.2) is 11.5 Å². The fourth-order valence-corrected chi connectivity index (χ4v) is 3.21. The number of rotatable bonds is 4. The molecule has 1 aromatic rings. The summed E-state index contributed by atoms with van der Waals surface area (Å²) >= 11 is 0. The molecule has 2 N–H and O–H groups in total. The molecule has 0 aliphatic carbocycles. The minimum absolute atomic E-state index is 0.652. The van der Waals surface area contributed by atoms with Crippen LogP contribution in [-0.4, -0.2) is 37.7 Å². The van der Waals surface area contributed by atoms with Crippen LogP contribution in [-0.2, 0) is 6.54 Å². The first-order valence-electron chi connectivity index (χ1n) is 7.66. The number of hydrogen-bond acceptors (Lipinski definition) is 4. The maximum absolute atomic E-state index is 5.68. The molecule has 1 aromatic carbocycles. The van der Waals surface area contributed by atoms with Crippen LogP contribution in [0.15, 0.2) is 18.2 Å². The SMILES string of the molecule is NCCC1CCCN(Cc2ccc3c(c2)OCCO3)C1. The Bertz CT molecular complexity index is 448. The second-order valence-corrected chi connectivity index (χ2v) is 5.80. The summed E-state index contributed by atoms with van der Waals surface area (Å²) in [4.78, 5) is 2.54. The number of nitrogens with two attached hydrogens (primary N) is 1. The van der Waals surface area contributed by atoms with Crippen molar-refractivity contribution in [1.29, 1.82) is 0 Å². The summed E-state index contributed by atoms with van der Waals surface area (Å²) in [7, 11) is 0. The lowest BCUT2D eigenvalue weighted by atomic mass is 9.94. The van der Waals surface area contributed by atoms with Gasteiger partial charge >= 0.3 is 0 Å². The van der Waals surface area contributed by atoms with E-state index in [4.69, 9.17) is 15.2 Å². The van der Waals surface area contributed by atoms with Gasteiger partial charge in [0, 0.05) is 13.1 Å². The summed E-state index contributed by atoms with van der Waals surface area (Å²) in [5, 5.41) is 0. The second kappa shape index (κ2) is 6.46. The third kappa shape index (κ3) is 3.25. The van der Waals surface area contributed by atoms with E-state index in [9.17, 15) is 0 Å². The predicted octanol–water partition coefficient (Wildman–Crippen LogP) is 2.02. The average Bonchev–Trinajstić information content (AvgIpc) is 2.48. The zero-order valence-electron chi connectivity index (χ0n) is 12.0. The summed E-state index contributed by atoms with van der Waals surface area (Å²) < 4.78 is 11.2. The Balaban J connectivity index is 1.62. The van der Waals surface area contributed by atoms with Crippen LogP contribution in [0.3, 0.4) is 0 Å². The normalized spacial score (nSPS) is 22.8. The van der Waals surface area contributed by atoms with Gasteiger partial charge in [0.1, 0.15) is 13.2 Å². The van der Waals surface area contributed by atoms with Crippen molar-refractivity contribution < 1.29 is 9.47 Å². The minimum atomic E-state index is 0.652. The van der Waals surface area contributed by atoms with Gasteiger partial charge in [0.05, 0.1) is 0 Å². The van der Waals surface area contributed by atoms with Crippen LogP contribution in [0.4, 0.5) is 0 Å².